The number of para-hydroxylation sites is 1. The molecule has 0 bridgehead atoms. The van der Waals surface area contributed by atoms with Crippen molar-refractivity contribution in [1.29, 1.82) is 5.26 Å². The van der Waals surface area contributed by atoms with E-state index in [0.717, 1.165) is 11.1 Å². The molecule has 0 atom stereocenters. The Morgan fingerprint density at radius 2 is 1.52 bits per heavy atom. The van der Waals surface area contributed by atoms with Crippen LogP contribution in [0.5, 0.6) is 0 Å². The number of piperazine rings is 1. The van der Waals surface area contributed by atoms with Crippen LogP contribution >= 0.6 is 11.6 Å². The molecule has 0 saturated carbocycles. The van der Waals surface area contributed by atoms with Gasteiger partial charge in [-0.25, -0.2) is 0 Å². The maximum absolute atomic E-state index is 13.3. The predicted molar refractivity (Wildman–Crippen MR) is 129 cm³/mol. The van der Waals surface area contributed by atoms with Gasteiger partial charge in [0.1, 0.15) is 0 Å². The molecule has 3 aromatic rings. The van der Waals surface area contributed by atoms with Crippen molar-refractivity contribution < 1.29 is 9.59 Å². The third-order valence-electron chi connectivity index (χ3n) is 5.67. The predicted octanol–water partition coefficient (Wildman–Crippen LogP) is 4.28. The Hall–Kier alpha value is -3.66. The molecule has 4 rings (SSSR count). The zero-order valence-electron chi connectivity index (χ0n) is 18.0. The van der Waals surface area contributed by atoms with Gasteiger partial charge in [0.15, 0.2) is 0 Å². The topological polar surface area (TPSA) is 76.4 Å². The highest BCUT2D eigenvalue weighted by atomic mass is 35.5. The number of hydrogen-bond donors (Lipinski definition) is 1. The normalized spacial score (nSPS) is 13.9. The number of amides is 2. The first-order chi connectivity index (χ1) is 16.1. The van der Waals surface area contributed by atoms with Gasteiger partial charge in [-0.15, -0.1) is 0 Å². The van der Waals surface area contributed by atoms with E-state index < -0.39 is 0 Å². The summed E-state index contributed by atoms with van der Waals surface area (Å²) >= 11 is 6.11. The molecule has 2 amide bonds. The molecule has 33 heavy (non-hydrogen) atoms. The maximum Gasteiger partial charge on any atom is 0.254 e. The van der Waals surface area contributed by atoms with Crippen LogP contribution in [-0.2, 0) is 4.79 Å². The molecule has 3 aromatic carbocycles. The fourth-order valence-electron chi connectivity index (χ4n) is 3.95. The summed E-state index contributed by atoms with van der Waals surface area (Å²) in [7, 11) is 0. The summed E-state index contributed by atoms with van der Waals surface area (Å²) in [5, 5.41) is 12.8. The molecule has 0 spiro atoms. The number of nitrogens with one attached hydrogen (secondary N) is 1. The average molecular weight is 459 g/mol. The van der Waals surface area contributed by atoms with Crippen LogP contribution in [0, 0.1) is 11.3 Å². The van der Waals surface area contributed by atoms with Gasteiger partial charge in [0.05, 0.1) is 28.9 Å². The van der Waals surface area contributed by atoms with E-state index in [2.05, 4.69) is 11.4 Å². The quantitative estimate of drug-likeness (QED) is 0.619. The van der Waals surface area contributed by atoms with Crippen LogP contribution in [0.1, 0.15) is 15.9 Å². The molecule has 1 aliphatic rings. The highest BCUT2D eigenvalue weighted by molar-refractivity contribution is 6.33. The van der Waals surface area contributed by atoms with Crippen molar-refractivity contribution >= 4 is 29.1 Å². The average Bonchev–Trinajstić information content (AvgIpc) is 2.85. The molecule has 6 nitrogen and oxygen atoms in total. The molecule has 0 unspecified atom stereocenters. The third kappa shape index (κ3) is 5.23. The molecule has 0 radical (unpaired) electrons. The van der Waals surface area contributed by atoms with Gasteiger partial charge in [-0.05, 0) is 29.8 Å². The van der Waals surface area contributed by atoms with Gasteiger partial charge in [0, 0.05) is 37.3 Å². The lowest BCUT2D eigenvalue weighted by Crippen LogP contribution is -2.50. The van der Waals surface area contributed by atoms with Crippen LogP contribution in [-0.4, -0.2) is 54.3 Å². The lowest BCUT2D eigenvalue weighted by molar-refractivity contribution is -0.117. The minimum atomic E-state index is -0.138. The molecule has 7 heteroatoms. The Balaban J connectivity index is 1.40. The first-order valence-corrected chi connectivity index (χ1v) is 11.1. The summed E-state index contributed by atoms with van der Waals surface area (Å²) in [5.74, 6) is -0.208. The van der Waals surface area contributed by atoms with Crippen LogP contribution in [0.25, 0.3) is 11.1 Å². The molecule has 1 saturated heterocycles. The largest absolute Gasteiger partial charge is 0.336 e. The molecule has 0 aliphatic carbocycles. The van der Waals surface area contributed by atoms with Crippen LogP contribution in [0.2, 0.25) is 5.02 Å². The molecule has 1 heterocycles. The van der Waals surface area contributed by atoms with Crippen molar-refractivity contribution in [1.82, 2.24) is 9.80 Å². The Kier molecular flexibility index (Phi) is 7.04. The van der Waals surface area contributed by atoms with E-state index in [-0.39, 0.29) is 18.4 Å². The van der Waals surface area contributed by atoms with Gasteiger partial charge in [0.2, 0.25) is 5.91 Å². The van der Waals surface area contributed by atoms with Crippen molar-refractivity contribution in [3.63, 3.8) is 0 Å². The van der Waals surface area contributed by atoms with Crippen LogP contribution < -0.4 is 5.32 Å². The van der Waals surface area contributed by atoms with Gasteiger partial charge in [-0.2, -0.15) is 5.26 Å². The van der Waals surface area contributed by atoms with Gasteiger partial charge in [-0.1, -0.05) is 60.1 Å². The van der Waals surface area contributed by atoms with Crippen molar-refractivity contribution in [2.45, 2.75) is 0 Å². The molecular weight excluding hydrogens is 436 g/mol. The van der Waals surface area contributed by atoms with Crippen molar-refractivity contribution in [2.75, 3.05) is 38.0 Å². The Bertz CT molecular complexity index is 1210. The smallest absolute Gasteiger partial charge is 0.254 e. The molecular formula is C26H23ClN4O2. The fraction of sp³-hybridized carbons (Fsp3) is 0.192. The second-order valence-corrected chi connectivity index (χ2v) is 8.21. The van der Waals surface area contributed by atoms with Gasteiger partial charge in [-0.3, -0.25) is 14.5 Å². The number of anilines is 1. The van der Waals surface area contributed by atoms with Gasteiger partial charge >= 0.3 is 0 Å². The molecule has 1 fully saturated rings. The molecule has 0 aromatic heterocycles. The second kappa shape index (κ2) is 10.3. The van der Waals surface area contributed by atoms with E-state index in [0.29, 0.717) is 48.0 Å². The number of carbonyl (C=O) groups excluding carboxylic acids is 2. The van der Waals surface area contributed by atoms with E-state index >= 15 is 0 Å². The lowest BCUT2D eigenvalue weighted by atomic mass is 9.95. The lowest BCUT2D eigenvalue weighted by Gasteiger charge is -2.34. The summed E-state index contributed by atoms with van der Waals surface area (Å²) in [6.07, 6.45) is 0. The minimum absolute atomic E-state index is 0.0708. The van der Waals surface area contributed by atoms with E-state index in [1.807, 2.05) is 53.4 Å². The van der Waals surface area contributed by atoms with E-state index in [9.17, 15) is 14.9 Å². The zero-order chi connectivity index (χ0) is 23.2. The van der Waals surface area contributed by atoms with Crippen molar-refractivity contribution in [3.8, 4) is 17.2 Å². The Labute approximate surface area is 198 Å². The zero-order valence-corrected chi connectivity index (χ0v) is 18.8. The van der Waals surface area contributed by atoms with Crippen molar-refractivity contribution in [2.24, 2.45) is 0 Å². The summed E-state index contributed by atoms with van der Waals surface area (Å²) in [6.45, 7) is 2.47. The number of nitriles is 1. The standard InChI is InChI=1S/C26H23ClN4O2/c27-23-11-5-6-12-24(23)29-25(32)18-30-13-15-31(16-14-30)26(33)22-10-4-3-9-21(22)20-8-2-1-7-19(20)17-28/h1-12H,13-16,18H2,(H,29,32). The van der Waals surface area contributed by atoms with Crippen LogP contribution in [0.3, 0.4) is 0 Å². The second-order valence-electron chi connectivity index (χ2n) is 7.80. The number of halogens is 1. The Morgan fingerprint density at radius 1 is 0.879 bits per heavy atom. The van der Waals surface area contributed by atoms with Crippen LogP contribution in [0.15, 0.2) is 72.8 Å². The maximum atomic E-state index is 13.3. The van der Waals surface area contributed by atoms with Gasteiger partial charge in [0.25, 0.3) is 5.91 Å². The Morgan fingerprint density at radius 3 is 2.24 bits per heavy atom. The molecule has 1 aliphatic heterocycles. The first-order valence-electron chi connectivity index (χ1n) is 10.7. The van der Waals surface area contributed by atoms with Gasteiger partial charge < -0.3 is 10.2 Å². The first kappa shape index (κ1) is 22.5. The highest BCUT2D eigenvalue weighted by Crippen LogP contribution is 2.28. The minimum Gasteiger partial charge on any atom is -0.336 e. The van der Waals surface area contributed by atoms with Crippen LogP contribution in [0.4, 0.5) is 5.69 Å². The number of hydrogen-bond acceptors (Lipinski definition) is 4. The summed E-state index contributed by atoms with van der Waals surface area (Å²) < 4.78 is 0. The van der Waals surface area contributed by atoms with E-state index in [1.165, 1.54) is 0 Å². The number of carbonyl (C=O) groups is 2. The molecule has 1 N–H and O–H groups in total. The third-order valence-corrected chi connectivity index (χ3v) is 6.00. The number of nitrogens with zero attached hydrogens (tertiary/aromatic N) is 3. The molecule has 166 valence electrons. The number of rotatable bonds is 5. The highest BCUT2D eigenvalue weighted by Gasteiger charge is 2.25. The monoisotopic (exact) mass is 458 g/mol. The van der Waals surface area contributed by atoms with E-state index in [1.54, 1.807) is 29.2 Å². The van der Waals surface area contributed by atoms with E-state index in [4.69, 9.17) is 11.6 Å². The SMILES string of the molecule is N#Cc1ccccc1-c1ccccc1C(=O)N1CCN(CC(=O)Nc2ccccc2Cl)CC1. The summed E-state index contributed by atoms with van der Waals surface area (Å²) in [5.41, 5.74) is 3.20. The van der Waals surface area contributed by atoms with Crippen molar-refractivity contribution in [3.05, 3.63) is 88.9 Å². The fourth-order valence-corrected chi connectivity index (χ4v) is 4.14. The number of benzene rings is 3. The summed E-state index contributed by atoms with van der Waals surface area (Å²) in [6, 6.07) is 24.0. The summed E-state index contributed by atoms with van der Waals surface area (Å²) in [4.78, 5) is 29.6.